The Hall–Kier alpha value is -1.14. The Morgan fingerprint density at radius 2 is 1.64 bits per heavy atom. The van der Waals surface area contributed by atoms with Crippen LogP contribution in [0.15, 0.2) is 0 Å². The van der Waals surface area contributed by atoms with E-state index in [0.717, 1.165) is 51.9 Å². The first-order valence-electron chi connectivity index (χ1n) is 8.61. The fourth-order valence-corrected chi connectivity index (χ4v) is 3.70. The first-order valence-corrected chi connectivity index (χ1v) is 8.61. The fourth-order valence-electron chi connectivity index (χ4n) is 3.70. The van der Waals surface area contributed by atoms with Gasteiger partial charge in [0, 0.05) is 32.7 Å². The molecular formula is C16H27N3O3. The molecule has 3 aliphatic heterocycles. The number of piperidine rings is 1. The SMILES string of the molecule is O=C(CN1CCCC(C(=O)N2CCOCC2)C1)N1CCCC1. The molecule has 3 saturated heterocycles. The van der Waals surface area contributed by atoms with Crippen LogP contribution in [-0.4, -0.2) is 85.5 Å². The topological polar surface area (TPSA) is 53.1 Å². The molecule has 0 bridgehead atoms. The lowest BCUT2D eigenvalue weighted by Gasteiger charge is -2.36. The van der Waals surface area contributed by atoms with Gasteiger partial charge in [-0.3, -0.25) is 14.5 Å². The van der Waals surface area contributed by atoms with Gasteiger partial charge in [-0.15, -0.1) is 0 Å². The van der Waals surface area contributed by atoms with Gasteiger partial charge >= 0.3 is 0 Å². The maximum Gasteiger partial charge on any atom is 0.236 e. The predicted octanol–water partition coefficient (Wildman–Crippen LogP) is 0.180. The van der Waals surface area contributed by atoms with Crippen molar-refractivity contribution in [2.45, 2.75) is 25.7 Å². The lowest BCUT2D eigenvalue weighted by Crippen LogP contribution is -2.50. The highest BCUT2D eigenvalue weighted by Crippen LogP contribution is 2.20. The molecule has 0 aromatic heterocycles. The van der Waals surface area contributed by atoms with Crippen molar-refractivity contribution in [3.63, 3.8) is 0 Å². The van der Waals surface area contributed by atoms with E-state index in [4.69, 9.17) is 4.74 Å². The summed E-state index contributed by atoms with van der Waals surface area (Å²) >= 11 is 0. The second-order valence-corrected chi connectivity index (χ2v) is 6.60. The first-order chi connectivity index (χ1) is 10.7. The zero-order chi connectivity index (χ0) is 15.4. The predicted molar refractivity (Wildman–Crippen MR) is 82.4 cm³/mol. The van der Waals surface area contributed by atoms with Crippen molar-refractivity contribution in [2.24, 2.45) is 5.92 Å². The third-order valence-electron chi connectivity index (χ3n) is 5.00. The van der Waals surface area contributed by atoms with Crippen molar-refractivity contribution in [2.75, 3.05) is 59.0 Å². The van der Waals surface area contributed by atoms with Gasteiger partial charge in [0.1, 0.15) is 0 Å². The van der Waals surface area contributed by atoms with Gasteiger partial charge in [-0.2, -0.15) is 0 Å². The van der Waals surface area contributed by atoms with E-state index in [1.807, 2.05) is 9.80 Å². The molecule has 22 heavy (non-hydrogen) atoms. The van der Waals surface area contributed by atoms with Crippen LogP contribution in [0.4, 0.5) is 0 Å². The molecule has 3 fully saturated rings. The average Bonchev–Trinajstić information content (AvgIpc) is 3.10. The zero-order valence-electron chi connectivity index (χ0n) is 13.3. The summed E-state index contributed by atoms with van der Waals surface area (Å²) in [6.07, 6.45) is 4.21. The van der Waals surface area contributed by atoms with E-state index < -0.39 is 0 Å². The Morgan fingerprint density at radius 1 is 0.909 bits per heavy atom. The van der Waals surface area contributed by atoms with Crippen molar-refractivity contribution in [3.05, 3.63) is 0 Å². The standard InChI is InChI=1S/C16H27N3O3/c20-15(18-6-1-2-7-18)13-17-5-3-4-14(12-17)16(21)19-8-10-22-11-9-19/h14H,1-13H2. The van der Waals surface area contributed by atoms with Crippen LogP contribution in [0.1, 0.15) is 25.7 Å². The summed E-state index contributed by atoms with van der Waals surface area (Å²) in [5.74, 6) is 0.539. The van der Waals surface area contributed by atoms with Gasteiger partial charge in [-0.25, -0.2) is 0 Å². The van der Waals surface area contributed by atoms with E-state index in [-0.39, 0.29) is 17.7 Å². The molecule has 3 aliphatic rings. The Labute approximate surface area is 132 Å². The van der Waals surface area contributed by atoms with Crippen LogP contribution in [0.2, 0.25) is 0 Å². The number of ether oxygens (including phenoxy) is 1. The maximum absolute atomic E-state index is 12.6. The Kier molecular flexibility index (Phi) is 5.31. The summed E-state index contributed by atoms with van der Waals surface area (Å²) < 4.78 is 5.31. The molecule has 0 aliphatic carbocycles. The van der Waals surface area contributed by atoms with E-state index in [9.17, 15) is 9.59 Å². The van der Waals surface area contributed by atoms with Gasteiger partial charge in [0.15, 0.2) is 0 Å². The van der Waals surface area contributed by atoms with Gasteiger partial charge in [-0.05, 0) is 32.2 Å². The van der Waals surface area contributed by atoms with Crippen LogP contribution >= 0.6 is 0 Å². The molecule has 3 heterocycles. The molecule has 6 nitrogen and oxygen atoms in total. The molecule has 0 N–H and O–H groups in total. The number of amides is 2. The molecule has 3 rings (SSSR count). The highest BCUT2D eigenvalue weighted by atomic mass is 16.5. The number of nitrogens with zero attached hydrogens (tertiary/aromatic N) is 3. The summed E-state index contributed by atoms with van der Waals surface area (Å²) in [5.41, 5.74) is 0. The minimum Gasteiger partial charge on any atom is -0.378 e. The third-order valence-corrected chi connectivity index (χ3v) is 5.00. The van der Waals surface area contributed by atoms with Crippen molar-refractivity contribution < 1.29 is 14.3 Å². The molecule has 1 atom stereocenters. The highest BCUT2D eigenvalue weighted by molar-refractivity contribution is 5.80. The van der Waals surface area contributed by atoms with Crippen LogP contribution in [0.5, 0.6) is 0 Å². The zero-order valence-corrected chi connectivity index (χ0v) is 13.3. The number of rotatable bonds is 3. The van der Waals surface area contributed by atoms with Crippen LogP contribution in [0, 0.1) is 5.92 Å². The van der Waals surface area contributed by atoms with Crippen molar-refractivity contribution in [1.82, 2.24) is 14.7 Å². The first kappa shape index (κ1) is 15.7. The van der Waals surface area contributed by atoms with Crippen molar-refractivity contribution >= 4 is 11.8 Å². The van der Waals surface area contributed by atoms with Gasteiger partial charge in [0.05, 0.1) is 25.7 Å². The van der Waals surface area contributed by atoms with E-state index in [2.05, 4.69) is 4.90 Å². The average molecular weight is 309 g/mol. The van der Waals surface area contributed by atoms with E-state index in [0.29, 0.717) is 32.8 Å². The summed E-state index contributed by atoms with van der Waals surface area (Å²) in [4.78, 5) is 30.9. The molecule has 0 saturated carbocycles. The Bertz CT molecular complexity index is 403. The number of morpholine rings is 1. The summed E-state index contributed by atoms with van der Waals surface area (Å²) in [5, 5.41) is 0. The van der Waals surface area contributed by atoms with Crippen LogP contribution < -0.4 is 0 Å². The molecule has 124 valence electrons. The third kappa shape index (κ3) is 3.79. The van der Waals surface area contributed by atoms with E-state index in [1.54, 1.807) is 0 Å². The van der Waals surface area contributed by atoms with Crippen molar-refractivity contribution in [1.29, 1.82) is 0 Å². The second-order valence-electron chi connectivity index (χ2n) is 6.60. The molecule has 6 heteroatoms. The minimum absolute atomic E-state index is 0.0539. The van der Waals surface area contributed by atoms with Crippen LogP contribution in [-0.2, 0) is 14.3 Å². The summed E-state index contributed by atoms with van der Waals surface area (Å²) in [7, 11) is 0. The van der Waals surface area contributed by atoms with E-state index >= 15 is 0 Å². The Balaban J connectivity index is 1.50. The molecule has 1 unspecified atom stereocenters. The van der Waals surface area contributed by atoms with Gasteiger partial charge < -0.3 is 14.5 Å². The number of carbonyl (C=O) groups excluding carboxylic acids is 2. The van der Waals surface area contributed by atoms with Gasteiger partial charge in [-0.1, -0.05) is 0 Å². The van der Waals surface area contributed by atoms with Crippen LogP contribution in [0.25, 0.3) is 0 Å². The van der Waals surface area contributed by atoms with E-state index in [1.165, 1.54) is 0 Å². The fraction of sp³-hybridized carbons (Fsp3) is 0.875. The van der Waals surface area contributed by atoms with Gasteiger partial charge in [0.2, 0.25) is 11.8 Å². The lowest BCUT2D eigenvalue weighted by atomic mass is 9.96. The second kappa shape index (κ2) is 7.42. The van der Waals surface area contributed by atoms with Crippen LogP contribution in [0.3, 0.4) is 0 Å². The minimum atomic E-state index is 0.0539. The normalized spacial score (nSPS) is 27.2. The number of hydrogen-bond acceptors (Lipinski definition) is 4. The number of likely N-dealkylation sites (tertiary alicyclic amines) is 2. The smallest absolute Gasteiger partial charge is 0.236 e. The summed E-state index contributed by atoms with van der Waals surface area (Å²) in [6.45, 7) is 6.68. The lowest BCUT2D eigenvalue weighted by molar-refractivity contribution is -0.142. The van der Waals surface area contributed by atoms with Crippen molar-refractivity contribution in [3.8, 4) is 0 Å². The monoisotopic (exact) mass is 309 g/mol. The number of carbonyl (C=O) groups is 2. The molecule has 0 aromatic carbocycles. The molecule has 0 aromatic rings. The molecule has 0 radical (unpaired) electrons. The van der Waals surface area contributed by atoms with Gasteiger partial charge in [0.25, 0.3) is 0 Å². The quantitative estimate of drug-likeness (QED) is 0.746. The maximum atomic E-state index is 12.6. The Morgan fingerprint density at radius 3 is 2.36 bits per heavy atom. The molecule has 2 amide bonds. The largest absolute Gasteiger partial charge is 0.378 e. The summed E-state index contributed by atoms with van der Waals surface area (Å²) in [6, 6.07) is 0. The highest BCUT2D eigenvalue weighted by Gasteiger charge is 2.31. The molecule has 0 spiro atoms. The number of hydrogen-bond donors (Lipinski definition) is 0. The molecular weight excluding hydrogens is 282 g/mol.